The van der Waals surface area contributed by atoms with Crippen molar-refractivity contribution in [2.45, 2.75) is 52.0 Å². The molecule has 1 fully saturated rings. The lowest BCUT2D eigenvalue weighted by atomic mass is 10.1. The van der Waals surface area contributed by atoms with E-state index in [1.54, 1.807) is 18.2 Å². The topological polar surface area (TPSA) is 64.3 Å². The Kier molecular flexibility index (Phi) is 5.48. The lowest BCUT2D eigenvalue weighted by Gasteiger charge is -2.14. The number of nitrogens with two attached hydrogens (primary N) is 1. The van der Waals surface area contributed by atoms with E-state index in [1.807, 2.05) is 0 Å². The van der Waals surface area contributed by atoms with Crippen molar-refractivity contribution in [3.63, 3.8) is 0 Å². The van der Waals surface area contributed by atoms with Crippen molar-refractivity contribution in [2.24, 2.45) is 5.92 Å². The van der Waals surface area contributed by atoms with E-state index in [1.165, 1.54) is 12.8 Å². The second-order valence-electron chi connectivity index (χ2n) is 6.24. The number of ether oxygens (including phenoxy) is 1. The van der Waals surface area contributed by atoms with Crippen molar-refractivity contribution in [3.05, 3.63) is 23.8 Å². The fraction of sp³-hybridized carbons (Fsp3) is 0.588. The van der Waals surface area contributed by atoms with Gasteiger partial charge in [0.2, 0.25) is 0 Å². The number of anilines is 1. The highest BCUT2D eigenvalue weighted by molar-refractivity contribution is 5.95. The van der Waals surface area contributed by atoms with Gasteiger partial charge in [-0.25, -0.2) is 0 Å². The number of nitrogen functional groups attached to an aromatic ring is 1. The van der Waals surface area contributed by atoms with Crippen molar-refractivity contribution in [1.82, 2.24) is 5.32 Å². The van der Waals surface area contributed by atoms with Crippen LogP contribution in [0.15, 0.2) is 18.2 Å². The standard InChI is InChI=1S/C17H26N2O2/c1-12(2)9-10-21-16-11-13(7-8-15(16)18)17(20)19-14-5-3-4-6-14/h7-8,11-12,14H,3-6,9-10,18H2,1-2H3,(H,19,20). The number of hydrogen-bond donors (Lipinski definition) is 2. The van der Waals surface area contributed by atoms with Crippen LogP contribution in [0.25, 0.3) is 0 Å². The van der Waals surface area contributed by atoms with Gasteiger partial charge in [-0.05, 0) is 43.4 Å². The molecule has 1 aromatic rings. The van der Waals surface area contributed by atoms with Crippen LogP contribution in [0.5, 0.6) is 5.75 Å². The highest BCUT2D eigenvalue weighted by Gasteiger charge is 2.18. The average Bonchev–Trinajstić information content (AvgIpc) is 2.93. The average molecular weight is 290 g/mol. The molecule has 0 atom stereocenters. The van der Waals surface area contributed by atoms with Crippen LogP contribution >= 0.6 is 0 Å². The van der Waals surface area contributed by atoms with Crippen molar-refractivity contribution in [2.75, 3.05) is 12.3 Å². The Bertz CT molecular complexity index is 480. The molecule has 2 rings (SSSR count). The van der Waals surface area contributed by atoms with Gasteiger partial charge in [0.15, 0.2) is 0 Å². The Morgan fingerprint density at radius 2 is 2.10 bits per heavy atom. The van der Waals surface area contributed by atoms with Crippen LogP contribution in [0.3, 0.4) is 0 Å². The largest absolute Gasteiger partial charge is 0.491 e. The Labute approximate surface area is 127 Å². The third kappa shape index (κ3) is 4.66. The number of rotatable bonds is 6. The molecule has 4 heteroatoms. The van der Waals surface area contributed by atoms with Gasteiger partial charge in [-0.2, -0.15) is 0 Å². The fourth-order valence-electron chi connectivity index (χ4n) is 2.54. The van der Waals surface area contributed by atoms with Gasteiger partial charge in [0, 0.05) is 11.6 Å². The number of carbonyl (C=O) groups excluding carboxylic acids is 1. The minimum absolute atomic E-state index is 0.0318. The number of nitrogens with one attached hydrogen (secondary N) is 1. The summed E-state index contributed by atoms with van der Waals surface area (Å²) in [5.74, 6) is 1.16. The summed E-state index contributed by atoms with van der Waals surface area (Å²) in [5.41, 5.74) is 7.11. The molecule has 0 aromatic heterocycles. The zero-order valence-corrected chi connectivity index (χ0v) is 13.0. The molecule has 0 unspecified atom stereocenters. The summed E-state index contributed by atoms with van der Waals surface area (Å²) in [6.07, 6.45) is 5.54. The van der Waals surface area contributed by atoms with Crippen molar-refractivity contribution < 1.29 is 9.53 Å². The summed E-state index contributed by atoms with van der Waals surface area (Å²) in [6, 6.07) is 5.57. The van der Waals surface area contributed by atoms with Gasteiger partial charge in [-0.3, -0.25) is 4.79 Å². The van der Waals surface area contributed by atoms with E-state index in [2.05, 4.69) is 19.2 Å². The molecule has 4 nitrogen and oxygen atoms in total. The van der Waals surface area contributed by atoms with E-state index < -0.39 is 0 Å². The molecule has 1 saturated carbocycles. The Balaban J connectivity index is 1.97. The normalized spacial score (nSPS) is 15.4. The summed E-state index contributed by atoms with van der Waals surface area (Å²) >= 11 is 0. The van der Waals surface area contributed by atoms with Gasteiger partial charge in [-0.15, -0.1) is 0 Å². The summed E-state index contributed by atoms with van der Waals surface area (Å²) in [7, 11) is 0. The van der Waals surface area contributed by atoms with Gasteiger partial charge in [0.1, 0.15) is 5.75 Å². The Morgan fingerprint density at radius 1 is 1.38 bits per heavy atom. The van der Waals surface area contributed by atoms with Crippen LogP contribution in [-0.4, -0.2) is 18.6 Å². The Hall–Kier alpha value is -1.71. The van der Waals surface area contributed by atoms with Crippen LogP contribution in [0, 0.1) is 5.92 Å². The molecule has 1 aliphatic carbocycles. The quantitative estimate of drug-likeness (QED) is 0.790. The van der Waals surface area contributed by atoms with Gasteiger partial charge in [0.05, 0.1) is 12.3 Å². The minimum Gasteiger partial charge on any atom is -0.491 e. The first-order chi connectivity index (χ1) is 10.1. The van der Waals surface area contributed by atoms with Gasteiger partial charge < -0.3 is 15.8 Å². The van der Waals surface area contributed by atoms with E-state index >= 15 is 0 Å². The molecule has 1 aromatic carbocycles. The van der Waals surface area contributed by atoms with Crippen LogP contribution in [0.2, 0.25) is 0 Å². The first-order valence-electron chi connectivity index (χ1n) is 7.89. The zero-order chi connectivity index (χ0) is 15.2. The molecule has 0 aliphatic heterocycles. The lowest BCUT2D eigenvalue weighted by molar-refractivity contribution is 0.0937. The first kappa shape index (κ1) is 15.7. The summed E-state index contributed by atoms with van der Waals surface area (Å²) in [6.45, 7) is 4.92. The van der Waals surface area contributed by atoms with Crippen molar-refractivity contribution >= 4 is 11.6 Å². The van der Waals surface area contributed by atoms with Crippen molar-refractivity contribution in [1.29, 1.82) is 0 Å². The van der Waals surface area contributed by atoms with E-state index in [0.717, 1.165) is 19.3 Å². The predicted octanol–water partition coefficient (Wildman–Crippen LogP) is 3.37. The second kappa shape index (κ2) is 7.34. The highest BCUT2D eigenvalue weighted by Crippen LogP contribution is 2.24. The molecule has 0 spiro atoms. The van der Waals surface area contributed by atoms with E-state index in [-0.39, 0.29) is 5.91 Å². The Morgan fingerprint density at radius 3 is 2.76 bits per heavy atom. The molecule has 21 heavy (non-hydrogen) atoms. The first-order valence-corrected chi connectivity index (χ1v) is 7.89. The van der Waals surface area contributed by atoms with Gasteiger partial charge >= 0.3 is 0 Å². The number of carbonyl (C=O) groups is 1. The second-order valence-corrected chi connectivity index (χ2v) is 6.24. The highest BCUT2D eigenvalue weighted by atomic mass is 16.5. The number of hydrogen-bond acceptors (Lipinski definition) is 3. The molecule has 0 radical (unpaired) electrons. The zero-order valence-electron chi connectivity index (χ0n) is 13.0. The van der Waals surface area contributed by atoms with Crippen LogP contribution in [-0.2, 0) is 0 Å². The third-order valence-electron chi connectivity index (χ3n) is 3.92. The summed E-state index contributed by atoms with van der Waals surface area (Å²) < 4.78 is 5.70. The molecular formula is C17H26N2O2. The predicted molar refractivity (Wildman–Crippen MR) is 85.5 cm³/mol. The molecule has 0 heterocycles. The summed E-state index contributed by atoms with van der Waals surface area (Å²) in [5, 5.41) is 3.08. The lowest BCUT2D eigenvalue weighted by Crippen LogP contribution is -2.32. The van der Waals surface area contributed by atoms with Gasteiger partial charge in [-0.1, -0.05) is 26.7 Å². The van der Waals surface area contributed by atoms with Gasteiger partial charge in [0.25, 0.3) is 5.91 Å². The van der Waals surface area contributed by atoms with Crippen LogP contribution in [0.4, 0.5) is 5.69 Å². The third-order valence-corrected chi connectivity index (χ3v) is 3.92. The maximum atomic E-state index is 12.2. The minimum atomic E-state index is -0.0318. The number of benzene rings is 1. The smallest absolute Gasteiger partial charge is 0.251 e. The molecule has 0 saturated heterocycles. The van der Waals surface area contributed by atoms with Crippen molar-refractivity contribution in [3.8, 4) is 5.75 Å². The molecule has 3 N–H and O–H groups in total. The molecule has 1 amide bonds. The van der Waals surface area contributed by atoms with Crippen LogP contribution in [0.1, 0.15) is 56.3 Å². The van der Waals surface area contributed by atoms with Crippen LogP contribution < -0.4 is 15.8 Å². The number of amides is 1. The van der Waals surface area contributed by atoms with E-state index in [0.29, 0.717) is 35.6 Å². The van der Waals surface area contributed by atoms with E-state index in [9.17, 15) is 4.79 Å². The fourth-order valence-corrected chi connectivity index (χ4v) is 2.54. The molecular weight excluding hydrogens is 264 g/mol. The molecule has 116 valence electrons. The molecule has 1 aliphatic rings. The SMILES string of the molecule is CC(C)CCOc1cc(C(=O)NC2CCCC2)ccc1N. The summed E-state index contributed by atoms with van der Waals surface area (Å²) in [4.78, 5) is 12.2. The molecule has 0 bridgehead atoms. The maximum Gasteiger partial charge on any atom is 0.251 e. The van der Waals surface area contributed by atoms with E-state index in [4.69, 9.17) is 10.5 Å². The maximum absolute atomic E-state index is 12.2. The monoisotopic (exact) mass is 290 g/mol.